The molecule has 0 aromatic rings. The molecular weight excluding hydrogens is 326 g/mol. The summed E-state index contributed by atoms with van der Waals surface area (Å²) in [7, 11) is 0. The Morgan fingerprint density at radius 2 is 1.96 bits per heavy atom. The van der Waals surface area contributed by atoms with Crippen LogP contribution >= 0.6 is 0 Å². The van der Waals surface area contributed by atoms with E-state index >= 15 is 0 Å². The number of carbonyl (C=O) groups is 1. The van der Waals surface area contributed by atoms with Gasteiger partial charge in [-0.05, 0) is 56.8 Å². The maximum atomic E-state index is 10.5. The molecule has 3 rings (SSSR count). The van der Waals surface area contributed by atoms with Crippen LogP contribution < -0.4 is 0 Å². The number of oxime groups is 1. The van der Waals surface area contributed by atoms with Crippen molar-refractivity contribution in [3.8, 4) is 0 Å². The Hall–Kier alpha value is -1.58. The summed E-state index contributed by atoms with van der Waals surface area (Å²) in [6, 6.07) is 0. The predicted octanol–water partition coefficient (Wildman–Crippen LogP) is 5.76. The lowest BCUT2D eigenvalue weighted by molar-refractivity contribution is -0.135. The van der Waals surface area contributed by atoms with Crippen molar-refractivity contribution in [2.24, 2.45) is 28.3 Å². The van der Waals surface area contributed by atoms with Crippen molar-refractivity contribution in [3.63, 3.8) is 0 Å². The van der Waals surface area contributed by atoms with E-state index in [-0.39, 0.29) is 11.4 Å². The molecule has 26 heavy (non-hydrogen) atoms. The quantitative estimate of drug-likeness (QED) is 0.161. The fraction of sp³-hybridized carbons (Fsp3) is 0.727. The Morgan fingerprint density at radius 1 is 1.27 bits per heavy atom. The molecular formula is C22H37NO3. The number of hydrogen-bond acceptors (Lipinski definition) is 4. The van der Waals surface area contributed by atoms with E-state index in [4.69, 9.17) is 5.21 Å². The average molecular weight is 364 g/mol. The van der Waals surface area contributed by atoms with Crippen molar-refractivity contribution in [1.82, 2.24) is 0 Å². The Bertz CT molecular complexity index is 538. The van der Waals surface area contributed by atoms with Crippen molar-refractivity contribution in [2.45, 2.75) is 73.1 Å². The van der Waals surface area contributed by atoms with Gasteiger partial charge in [-0.1, -0.05) is 45.9 Å². The van der Waals surface area contributed by atoms with Crippen LogP contribution in [0, 0.1) is 23.2 Å². The lowest BCUT2D eigenvalue weighted by atomic mass is 9.54. The number of hydrogen-bond donors (Lipinski definition) is 1. The molecule has 1 N–H and O–H groups in total. The number of carbonyl (C=O) groups excluding carboxylic acids is 1. The second-order valence-electron chi connectivity index (χ2n) is 7.65. The van der Waals surface area contributed by atoms with Crippen LogP contribution in [0.15, 0.2) is 29.0 Å². The van der Waals surface area contributed by atoms with E-state index in [1.165, 1.54) is 31.3 Å². The summed E-state index contributed by atoms with van der Waals surface area (Å²) in [5.41, 5.74) is 2.31. The van der Waals surface area contributed by atoms with Gasteiger partial charge in [-0.25, -0.2) is 4.79 Å². The zero-order valence-electron chi connectivity index (χ0n) is 17.3. The first-order chi connectivity index (χ1) is 12.4. The molecule has 2 saturated carbocycles. The summed E-state index contributed by atoms with van der Waals surface area (Å²) in [4.78, 5) is 10.5. The van der Waals surface area contributed by atoms with Gasteiger partial charge in [-0.15, -0.1) is 5.16 Å². The smallest absolute Gasteiger partial charge is 0.333 e. The molecule has 0 aromatic carbocycles. The van der Waals surface area contributed by atoms with Gasteiger partial charge in [0.2, 0.25) is 0 Å². The molecule has 4 atom stereocenters. The molecule has 4 unspecified atom stereocenters. The van der Waals surface area contributed by atoms with E-state index in [2.05, 4.69) is 30.3 Å². The maximum absolute atomic E-state index is 10.5. The SMILES string of the molecule is C/C=C1\CCOC1=O.C=C1CCC2C(CCC(C)C2(C)/C=N\O)C1.CC. The van der Waals surface area contributed by atoms with Crippen molar-refractivity contribution < 1.29 is 14.7 Å². The van der Waals surface area contributed by atoms with Crippen LogP contribution in [-0.4, -0.2) is 24.0 Å². The highest BCUT2D eigenvalue weighted by Crippen LogP contribution is 2.53. The van der Waals surface area contributed by atoms with Crippen molar-refractivity contribution >= 4 is 12.2 Å². The second-order valence-corrected chi connectivity index (χ2v) is 7.65. The lowest BCUT2D eigenvalue weighted by Crippen LogP contribution is -2.45. The van der Waals surface area contributed by atoms with Crippen LogP contribution in [0.25, 0.3) is 0 Å². The van der Waals surface area contributed by atoms with Gasteiger partial charge in [0.15, 0.2) is 0 Å². The van der Waals surface area contributed by atoms with Gasteiger partial charge in [0.1, 0.15) is 0 Å². The monoisotopic (exact) mass is 363 g/mol. The van der Waals surface area contributed by atoms with E-state index in [0.717, 1.165) is 24.3 Å². The third-order valence-electron chi connectivity index (χ3n) is 6.31. The van der Waals surface area contributed by atoms with Crippen LogP contribution in [0.3, 0.4) is 0 Å². The number of ether oxygens (including phenoxy) is 1. The number of rotatable bonds is 1. The second kappa shape index (κ2) is 10.5. The maximum Gasteiger partial charge on any atom is 0.333 e. The fourth-order valence-electron chi connectivity index (χ4n) is 4.53. The zero-order valence-corrected chi connectivity index (χ0v) is 17.3. The number of fused-ring (bicyclic) bond motifs is 1. The molecule has 1 aliphatic heterocycles. The van der Waals surface area contributed by atoms with Gasteiger partial charge < -0.3 is 9.94 Å². The summed E-state index contributed by atoms with van der Waals surface area (Å²) in [5, 5.41) is 12.2. The van der Waals surface area contributed by atoms with Gasteiger partial charge in [-0.3, -0.25) is 0 Å². The summed E-state index contributed by atoms with van der Waals surface area (Å²) in [6.07, 6.45) is 10.5. The summed E-state index contributed by atoms with van der Waals surface area (Å²) < 4.78 is 4.65. The average Bonchev–Trinajstić information content (AvgIpc) is 3.06. The molecule has 4 heteroatoms. The van der Waals surface area contributed by atoms with E-state index in [1.54, 1.807) is 12.3 Å². The third-order valence-corrected chi connectivity index (χ3v) is 6.31. The molecule has 0 amide bonds. The molecule has 3 aliphatic rings. The highest BCUT2D eigenvalue weighted by atomic mass is 16.5. The standard InChI is InChI=1S/C14H23NO.C6H8O2.C2H6/c1-10-4-7-13-12(8-10)6-5-11(2)14(13,3)9-15-16;1-2-5-3-4-8-6(5)7;1-2/h9,11-13,16H,1,4-8H2,2-3H3;2H,3-4H2,1H3;1-2H3/b15-9-;5-2+;. The topological polar surface area (TPSA) is 58.9 Å². The number of cyclic esters (lactones) is 1. The minimum Gasteiger partial charge on any atom is -0.462 e. The van der Waals surface area contributed by atoms with Gasteiger partial charge in [0.05, 0.1) is 6.61 Å². The summed E-state index contributed by atoms with van der Waals surface area (Å²) >= 11 is 0. The van der Waals surface area contributed by atoms with E-state index in [0.29, 0.717) is 18.4 Å². The molecule has 0 aromatic heterocycles. The van der Waals surface area contributed by atoms with E-state index in [9.17, 15) is 4.79 Å². The van der Waals surface area contributed by atoms with E-state index in [1.807, 2.05) is 20.8 Å². The number of esters is 1. The molecule has 2 aliphatic carbocycles. The van der Waals surface area contributed by atoms with Crippen LogP contribution in [0.2, 0.25) is 0 Å². The van der Waals surface area contributed by atoms with Crippen molar-refractivity contribution in [1.29, 1.82) is 0 Å². The normalized spacial score (nSPS) is 35.1. The summed E-state index contributed by atoms with van der Waals surface area (Å²) in [6.45, 7) is 15.1. The number of allylic oxidation sites excluding steroid dienone is 2. The molecule has 1 heterocycles. The van der Waals surface area contributed by atoms with Crippen LogP contribution in [0.1, 0.15) is 73.1 Å². The highest BCUT2D eigenvalue weighted by molar-refractivity contribution is 5.90. The van der Waals surface area contributed by atoms with Gasteiger partial charge >= 0.3 is 5.97 Å². The Morgan fingerprint density at radius 3 is 2.46 bits per heavy atom. The molecule has 4 nitrogen and oxygen atoms in total. The Kier molecular flexibility index (Phi) is 9.11. The van der Waals surface area contributed by atoms with Gasteiger partial charge in [0, 0.05) is 23.6 Å². The minimum atomic E-state index is -0.146. The Labute approximate surface area is 159 Å². The first-order valence-electron chi connectivity index (χ1n) is 10.1. The fourth-order valence-corrected chi connectivity index (χ4v) is 4.53. The first-order valence-corrected chi connectivity index (χ1v) is 10.1. The number of nitrogens with zero attached hydrogens (tertiary/aromatic N) is 1. The van der Waals surface area contributed by atoms with Gasteiger partial charge in [0.25, 0.3) is 0 Å². The van der Waals surface area contributed by atoms with Crippen LogP contribution in [0.5, 0.6) is 0 Å². The molecule has 3 fully saturated rings. The van der Waals surface area contributed by atoms with E-state index < -0.39 is 0 Å². The summed E-state index contributed by atoms with van der Waals surface area (Å²) in [5.74, 6) is 1.92. The molecule has 0 spiro atoms. The largest absolute Gasteiger partial charge is 0.462 e. The minimum absolute atomic E-state index is 0.0817. The molecule has 0 radical (unpaired) electrons. The Balaban J connectivity index is 0.000000284. The molecule has 1 saturated heterocycles. The molecule has 0 bridgehead atoms. The van der Waals surface area contributed by atoms with Crippen molar-refractivity contribution in [3.05, 3.63) is 23.8 Å². The zero-order chi connectivity index (χ0) is 19.7. The third kappa shape index (κ3) is 5.21. The van der Waals surface area contributed by atoms with Crippen molar-refractivity contribution in [2.75, 3.05) is 6.61 Å². The van der Waals surface area contributed by atoms with Crippen LogP contribution in [0.4, 0.5) is 0 Å². The first kappa shape index (κ1) is 22.5. The predicted molar refractivity (Wildman–Crippen MR) is 107 cm³/mol. The highest BCUT2D eigenvalue weighted by Gasteiger charge is 2.46. The lowest BCUT2D eigenvalue weighted by Gasteiger charge is -2.50. The van der Waals surface area contributed by atoms with Crippen LogP contribution in [-0.2, 0) is 9.53 Å². The van der Waals surface area contributed by atoms with Gasteiger partial charge in [-0.2, -0.15) is 0 Å². The molecule has 148 valence electrons.